The molecular weight excluding hydrogens is 394 g/mol. The number of nitrogens with zero attached hydrogens (tertiary/aromatic N) is 3. The average molecular weight is 409 g/mol. The number of rotatable bonds is 1. The number of pyridine rings is 1. The van der Waals surface area contributed by atoms with Crippen LogP contribution in [0.1, 0.15) is 20.8 Å². The fourth-order valence-corrected chi connectivity index (χ4v) is 2.83. The molecule has 7 heteroatoms. The number of imidazole rings is 1. The zero-order chi connectivity index (χ0) is 17.5. The first kappa shape index (κ1) is 16.9. The summed E-state index contributed by atoms with van der Waals surface area (Å²) in [6.45, 7) is 5.44. The Kier molecular flexibility index (Phi) is 4.36. The van der Waals surface area contributed by atoms with Crippen molar-refractivity contribution >= 4 is 44.7 Å². The van der Waals surface area contributed by atoms with Gasteiger partial charge in [-0.1, -0.05) is 27.5 Å². The molecule has 3 rings (SSSR count). The van der Waals surface area contributed by atoms with Gasteiger partial charge in [-0.05, 0) is 45.0 Å². The summed E-state index contributed by atoms with van der Waals surface area (Å²) in [6, 6.07) is 7.13. The summed E-state index contributed by atoms with van der Waals surface area (Å²) in [5, 5.41) is 0.492. The topological polar surface area (TPSA) is 57.0 Å². The number of fused-ring (bicyclic) bond motifs is 1. The van der Waals surface area contributed by atoms with Gasteiger partial charge in [-0.25, -0.2) is 14.3 Å². The molecule has 5 nitrogen and oxygen atoms in total. The van der Waals surface area contributed by atoms with E-state index in [0.717, 1.165) is 4.47 Å². The molecule has 0 bridgehead atoms. The number of ether oxygens (including phenoxy) is 1. The van der Waals surface area contributed by atoms with Crippen molar-refractivity contribution in [2.45, 2.75) is 26.4 Å². The minimum Gasteiger partial charge on any atom is -0.443 e. The quantitative estimate of drug-likeness (QED) is 0.548. The highest BCUT2D eigenvalue weighted by Crippen LogP contribution is 2.32. The number of halogens is 2. The Morgan fingerprint density at radius 3 is 2.75 bits per heavy atom. The predicted molar refractivity (Wildman–Crippen MR) is 97.3 cm³/mol. The van der Waals surface area contributed by atoms with Crippen LogP contribution in [0, 0.1) is 0 Å². The van der Waals surface area contributed by atoms with Gasteiger partial charge in [0, 0.05) is 16.2 Å². The van der Waals surface area contributed by atoms with Gasteiger partial charge in [0.15, 0.2) is 5.82 Å². The van der Waals surface area contributed by atoms with E-state index in [1.807, 2.05) is 32.9 Å². The lowest BCUT2D eigenvalue weighted by Gasteiger charge is -2.20. The number of carbonyl (C=O) groups is 1. The molecule has 2 heterocycles. The van der Waals surface area contributed by atoms with Crippen LogP contribution in [0.4, 0.5) is 4.79 Å². The van der Waals surface area contributed by atoms with Gasteiger partial charge in [0.05, 0.1) is 22.3 Å². The maximum absolute atomic E-state index is 12.7. The first-order valence-corrected chi connectivity index (χ1v) is 8.44. The third-order valence-corrected chi connectivity index (χ3v) is 4.03. The Balaban J connectivity index is 2.26. The molecule has 0 fully saturated rings. The van der Waals surface area contributed by atoms with Gasteiger partial charge in [-0.3, -0.25) is 4.98 Å². The molecule has 0 atom stereocenters. The Morgan fingerprint density at radius 1 is 1.29 bits per heavy atom. The van der Waals surface area contributed by atoms with Crippen LogP contribution in [0.5, 0.6) is 0 Å². The molecule has 24 heavy (non-hydrogen) atoms. The minimum absolute atomic E-state index is 0.415. The van der Waals surface area contributed by atoms with Crippen LogP contribution in [-0.4, -0.2) is 26.2 Å². The molecule has 124 valence electrons. The van der Waals surface area contributed by atoms with Crippen LogP contribution >= 0.6 is 27.5 Å². The van der Waals surface area contributed by atoms with E-state index < -0.39 is 11.7 Å². The van der Waals surface area contributed by atoms with E-state index in [-0.39, 0.29) is 0 Å². The van der Waals surface area contributed by atoms with E-state index in [0.29, 0.717) is 27.4 Å². The molecule has 0 saturated heterocycles. The second-order valence-corrected chi connectivity index (χ2v) is 7.56. The van der Waals surface area contributed by atoms with Crippen molar-refractivity contribution in [1.82, 2.24) is 14.5 Å². The third kappa shape index (κ3) is 3.30. The molecule has 2 aromatic heterocycles. The maximum atomic E-state index is 12.7. The van der Waals surface area contributed by atoms with Gasteiger partial charge in [0.25, 0.3) is 0 Å². The van der Waals surface area contributed by atoms with Crippen LogP contribution in [0.15, 0.2) is 41.1 Å². The second kappa shape index (κ2) is 6.18. The van der Waals surface area contributed by atoms with E-state index in [1.54, 1.807) is 24.5 Å². The molecule has 0 unspecified atom stereocenters. The van der Waals surface area contributed by atoms with Gasteiger partial charge >= 0.3 is 6.09 Å². The summed E-state index contributed by atoms with van der Waals surface area (Å²) in [6.07, 6.45) is 2.69. The number of benzene rings is 1. The highest BCUT2D eigenvalue weighted by atomic mass is 79.9. The molecule has 0 N–H and O–H groups in total. The Morgan fingerprint density at radius 2 is 2.04 bits per heavy atom. The number of hydrogen-bond acceptors (Lipinski definition) is 4. The van der Waals surface area contributed by atoms with Crippen LogP contribution in [-0.2, 0) is 4.74 Å². The summed E-state index contributed by atoms with van der Waals surface area (Å²) >= 11 is 9.75. The monoisotopic (exact) mass is 407 g/mol. The van der Waals surface area contributed by atoms with Crippen molar-refractivity contribution in [3.8, 4) is 11.4 Å². The molecule has 0 radical (unpaired) electrons. The number of carbonyl (C=O) groups excluding carboxylic acids is 1. The normalized spacial score (nSPS) is 11.7. The maximum Gasteiger partial charge on any atom is 0.420 e. The molecule has 0 amide bonds. The number of aromatic nitrogens is 3. The van der Waals surface area contributed by atoms with E-state index in [2.05, 4.69) is 25.9 Å². The van der Waals surface area contributed by atoms with E-state index >= 15 is 0 Å². The Labute approximate surface area is 152 Å². The minimum atomic E-state index is -0.631. The lowest BCUT2D eigenvalue weighted by Crippen LogP contribution is -2.27. The lowest BCUT2D eigenvalue weighted by molar-refractivity contribution is 0.0546. The fraction of sp³-hybridized carbons (Fsp3) is 0.235. The average Bonchev–Trinajstić information content (AvgIpc) is 2.87. The molecule has 0 spiro atoms. The van der Waals surface area contributed by atoms with Gasteiger partial charge in [-0.2, -0.15) is 0 Å². The van der Waals surface area contributed by atoms with Crippen molar-refractivity contribution in [2.24, 2.45) is 0 Å². The highest BCUT2D eigenvalue weighted by Gasteiger charge is 2.25. The zero-order valence-electron chi connectivity index (χ0n) is 13.4. The Bertz CT molecular complexity index is 931. The molecule has 3 aromatic rings. The standard InChI is InChI=1S/C17H15BrClN3O2/c1-17(2,3)24-16(23)22-14-9-20-7-6-13(14)21-15(22)11-8-10(18)4-5-12(11)19/h4-9H,1-3H3. The number of hydrogen-bond donors (Lipinski definition) is 0. The second-order valence-electron chi connectivity index (χ2n) is 6.24. The van der Waals surface area contributed by atoms with Gasteiger partial charge in [-0.15, -0.1) is 0 Å². The molecule has 0 aliphatic carbocycles. The SMILES string of the molecule is CC(C)(C)OC(=O)n1c(-c2cc(Br)ccc2Cl)nc2ccncc21. The third-order valence-electron chi connectivity index (χ3n) is 3.20. The predicted octanol–water partition coefficient (Wildman–Crippen LogP) is 5.30. The molecule has 1 aromatic carbocycles. The summed E-state index contributed by atoms with van der Waals surface area (Å²) in [4.78, 5) is 21.4. The van der Waals surface area contributed by atoms with Crippen LogP contribution in [0.25, 0.3) is 22.4 Å². The van der Waals surface area contributed by atoms with Crippen LogP contribution in [0.2, 0.25) is 5.02 Å². The Hall–Kier alpha value is -1.92. The van der Waals surface area contributed by atoms with Crippen LogP contribution in [0.3, 0.4) is 0 Å². The van der Waals surface area contributed by atoms with Gasteiger partial charge < -0.3 is 4.74 Å². The summed E-state index contributed by atoms with van der Waals surface area (Å²) in [5.74, 6) is 0.415. The van der Waals surface area contributed by atoms with Crippen molar-refractivity contribution in [3.63, 3.8) is 0 Å². The highest BCUT2D eigenvalue weighted by molar-refractivity contribution is 9.10. The zero-order valence-corrected chi connectivity index (χ0v) is 15.7. The van der Waals surface area contributed by atoms with E-state index in [4.69, 9.17) is 16.3 Å². The van der Waals surface area contributed by atoms with Crippen LogP contribution < -0.4 is 0 Å². The summed E-state index contributed by atoms with van der Waals surface area (Å²) in [5.41, 5.74) is 1.21. The van der Waals surface area contributed by atoms with Gasteiger partial charge in [0.2, 0.25) is 0 Å². The smallest absolute Gasteiger partial charge is 0.420 e. The van der Waals surface area contributed by atoms with Crippen molar-refractivity contribution in [2.75, 3.05) is 0 Å². The molecule has 0 aliphatic heterocycles. The van der Waals surface area contributed by atoms with Crippen molar-refractivity contribution in [1.29, 1.82) is 0 Å². The van der Waals surface area contributed by atoms with Gasteiger partial charge in [0.1, 0.15) is 5.60 Å². The molecule has 0 saturated carbocycles. The molecule has 0 aliphatic rings. The summed E-state index contributed by atoms with van der Waals surface area (Å²) < 4.78 is 7.76. The first-order valence-electron chi connectivity index (χ1n) is 7.27. The first-order chi connectivity index (χ1) is 11.3. The lowest BCUT2D eigenvalue weighted by atomic mass is 10.2. The van der Waals surface area contributed by atoms with E-state index in [9.17, 15) is 4.79 Å². The van der Waals surface area contributed by atoms with Crippen molar-refractivity contribution < 1.29 is 9.53 Å². The molecular formula is C17H15BrClN3O2. The fourth-order valence-electron chi connectivity index (χ4n) is 2.27. The summed E-state index contributed by atoms with van der Waals surface area (Å²) in [7, 11) is 0. The largest absolute Gasteiger partial charge is 0.443 e. The van der Waals surface area contributed by atoms with Crippen molar-refractivity contribution in [3.05, 3.63) is 46.2 Å². The van der Waals surface area contributed by atoms with E-state index in [1.165, 1.54) is 4.57 Å².